The number of nitrogens with zero attached hydrogens (tertiary/aromatic N) is 1. The third kappa shape index (κ3) is 13.4. The van der Waals surface area contributed by atoms with Crippen molar-refractivity contribution in [2.24, 2.45) is 0 Å². The van der Waals surface area contributed by atoms with Gasteiger partial charge in [-0.15, -0.1) is 0 Å². The molecule has 1 heterocycles. The van der Waals surface area contributed by atoms with Crippen LogP contribution >= 0.6 is 11.8 Å². The zero-order chi connectivity index (χ0) is 13.5. The summed E-state index contributed by atoms with van der Waals surface area (Å²) in [4.78, 5) is 4.30. The van der Waals surface area contributed by atoms with Gasteiger partial charge in [-0.1, -0.05) is 41.0 Å². The molecule has 1 nitrogen and oxygen atoms in total. The molecule has 1 rings (SSSR count). The van der Waals surface area contributed by atoms with Crippen molar-refractivity contribution in [1.29, 1.82) is 0 Å². The van der Waals surface area contributed by atoms with Crippen LogP contribution in [0.5, 0.6) is 0 Å². The van der Waals surface area contributed by atoms with Crippen molar-refractivity contribution in [3.05, 3.63) is 29.6 Å². The van der Waals surface area contributed by atoms with Gasteiger partial charge in [-0.25, -0.2) is 0 Å². The van der Waals surface area contributed by atoms with Gasteiger partial charge in [-0.2, -0.15) is 11.8 Å². The molecule has 0 N–H and O–H groups in total. The summed E-state index contributed by atoms with van der Waals surface area (Å²) in [5.41, 5.74) is 2.53. The van der Waals surface area contributed by atoms with Crippen LogP contribution < -0.4 is 0 Å². The second kappa shape index (κ2) is 15.5. The predicted octanol–water partition coefficient (Wildman–Crippen LogP) is 5.13. The normalized spacial score (nSPS) is 8.59. The molecule has 0 fully saturated rings. The molecule has 0 amide bonds. The molecule has 0 aliphatic heterocycles. The second-order valence-electron chi connectivity index (χ2n) is 3.48. The largest absolute Gasteiger partial charge is 0.261 e. The van der Waals surface area contributed by atoms with Gasteiger partial charge in [0.1, 0.15) is 0 Å². The second-order valence-corrected chi connectivity index (χ2v) is 4.87. The first kappa shape index (κ1) is 18.9. The number of thioether (sulfide) groups is 1. The molecular weight excluding hydrogens is 226 g/mol. The van der Waals surface area contributed by atoms with Crippen molar-refractivity contribution in [1.82, 2.24) is 4.98 Å². The van der Waals surface area contributed by atoms with E-state index in [1.54, 1.807) is 0 Å². The first-order chi connectivity index (χ1) is 8.24. The number of hydrogen-bond donors (Lipinski definition) is 0. The minimum atomic E-state index is 1.10. The Labute approximate surface area is 112 Å². The lowest BCUT2D eigenvalue weighted by Gasteiger charge is -1.99. The van der Waals surface area contributed by atoms with E-state index in [-0.39, 0.29) is 0 Å². The van der Waals surface area contributed by atoms with Crippen molar-refractivity contribution in [2.45, 2.75) is 54.4 Å². The van der Waals surface area contributed by atoms with E-state index in [1.165, 1.54) is 29.2 Å². The van der Waals surface area contributed by atoms with Gasteiger partial charge in [0.25, 0.3) is 0 Å². The van der Waals surface area contributed by atoms with E-state index in [1.807, 2.05) is 37.9 Å². The summed E-state index contributed by atoms with van der Waals surface area (Å²) in [7, 11) is 0. The maximum absolute atomic E-state index is 4.30. The topological polar surface area (TPSA) is 12.9 Å². The zero-order valence-electron chi connectivity index (χ0n) is 12.4. The Balaban J connectivity index is 0. The summed E-state index contributed by atoms with van der Waals surface area (Å²) in [6, 6.07) is 4.20. The van der Waals surface area contributed by atoms with E-state index in [0.717, 1.165) is 6.42 Å². The number of aromatic nitrogens is 1. The first-order valence-corrected chi connectivity index (χ1v) is 7.89. The first-order valence-electron chi connectivity index (χ1n) is 6.73. The molecule has 0 atom stereocenters. The van der Waals surface area contributed by atoms with Gasteiger partial charge >= 0.3 is 0 Å². The molecule has 2 heteroatoms. The number of rotatable bonds is 4. The highest BCUT2D eigenvalue weighted by Crippen LogP contribution is 2.05. The average Bonchev–Trinajstić information content (AvgIpc) is 2.33. The molecule has 0 bridgehead atoms. The lowest BCUT2D eigenvalue weighted by molar-refractivity contribution is 1.04. The molecule has 0 radical (unpaired) electrons. The number of hydrogen-bond acceptors (Lipinski definition) is 2. The van der Waals surface area contributed by atoms with E-state index in [2.05, 4.69) is 38.7 Å². The monoisotopic (exact) mass is 255 g/mol. The molecule has 0 aliphatic carbocycles. The molecule has 0 unspecified atom stereocenters. The Hall–Kier alpha value is -0.500. The Morgan fingerprint density at radius 2 is 1.76 bits per heavy atom. The quantitative estimate of drug-likeness (QED) is 0.692. The SMILES string of the molecule is CC.CCC.CCSCCc1cc(C)ccn1. The fraction of sp³-hybridized carbons (Fsp3) is 0.667. The van der Waals surface area contributed by atoms with Crippen LogP contribution in [0.15, 0.2) is 18.3 Å². The van der Waals surface area contributed by atoms with Gasteiger partial charge in [-0.05, 0) is 42.5 Å². The molecule has 17 heavy (non-hydrogen) atoms. The van der Waals surface area contributed by atoms with Crippen LogP contribution in [-0.4, -0.2) is 16.5 Å². The van der Waals surface area contributed by atoms with E-state index in [9.17, 15) is 0 Å². The lowest BCUT2D eigenvalue weighted by atomic mass is 10.2. The van der Waals surface area contributed by atoms with Crippen molar-refractivity contribution in [2.75, 3.05) is 11.5 Å². The van der Waals surface area contributed by atoms with E-state index >= 15 is 0 Å². The summed E-state index contributed by atoms with van der Waals surface area (Å²) < 4.78 is 0. The van der Waals surface area contributed by atoms with Crippen LogP contribution in [0.4, 0.5) is 0 Å². The molecule has 1 aromatic heterocycles. The van der Waals surface area contributed by atoms with Crippen LogP contribution in [0.1, 0.15) is 52.3 Å². The van der Waals surface area contributed by atoms with Crippen LogP contribution in [0, 0.1) is 6.92 Å². The van der Waals surface area contributed by atoms with Crippen LogP contribution in [0.2, 0.25) is 0 Å². The summed E-state index contributed by atoms with van der Waals surface area (Å²) in [6.45, 7) is 12.5. The molecule has 0 aliphatic rings. The van der Waals surface area contributed by atoms with Crippen molar-refractivity contribution < 1.29 is 0 Å². The van der Waals surface area contributed by atoms with Crippen LogP contribution in [-0.2, 0) is 6.42 Å². The highest BCUT2D eigenvalue weighted by molar-refractivity contribution is 7.99. The fourth-order valence-electron chi connectivity index (χ4n) is 1.06. The van der Waals surface area contributed by atoms with Gasteiger partial charge < -0.3 is 0 Å². The minimum absolute atomic E-state index is 1.10. The molecule has 0 spiro atoms. The van der Waals surface area contributed by atoms with Crippen molar-refractivity contribution in [3.8, 4) is 0 Å². The summed E-state index contributed by atoms with van der Waals surface area (Å²) in [5.74, 6) is 2.39. The van der Waals surface area contributed by atoms with Gasteiger partial charge in [0.2, 0.25) is 0 Å². The summed E-state index contributed by atoms with van der Waals surface area (Å²) in [6.07, 6.45) is 4.24. The number of aryl methyl sites for hydroxylation is 2. The summed E-state index contributed by atoms with van der Waals surface area (Å²) >= 11 is 1.97. The van der Waals surface area contributed by atoms with Crippen LogP contribution in [0.25, 0.3) is 0 Å². The van der Waals surface area contributed by atoms with Crippen molar-refractivity contribution in [3.63, 3.8) is 0 Å². The standard InChI is InChI=1S/C10H15NS.C3H8.C2H6/c1-3-12-7-5-10-8-9(2)4-6-11-10;1-3-2;1-2/h4,6,8H,3,5,7H2,1-2H3;3H2,1-2H3;1-2H3. The molecular formula is C15H29NS. The Kier molecular flexibility index (Phi) is 17.2. The molecule has 0 saturated carbocycles. The van der Waals surface area contributed by atoms with Gasteiger partial charge in [-0.3, -0.25) is 4.98 Å². The average molecular weight is 255 g/mol. The Bertz CT molecular complexity index is 248. The third-order valence-electron chi connectivity index (χ3n) is 1.68. The highest BCUT2D eigenvalue weighted by Gasteiger charge is 1.93. The van der Waals surface area contributed by atoms with E-state index in [4.69, 9.17) is 0 Å². The van der Waals surface area contributed by atoms with Crippen LogP contribution in [0.3, 0.4) is 0 Å². The smallest absolute Gasteiger partial charge is 0.0414 e. The third-order valence-corrected chi connectivity index (χ3v) is 2.58. The molecule has 0 aromatic carbocycles. The van der Waals surface area contributed by atoms with Crippen molar-refractivity contribution >= 4 is 11.8 Å². The molecule has 0 saturated heterocycles. The Morgan fingerprint density at radius 3 is 2.24 bits per heavy atom. The fourth-order valence-corrected chi connectivity index (χ4v) is 1.70. The Morgan fingerprint density at radius 1 is 1.18 bits per heavy atom. The highest BCUT2D eigenvalue weighted by atomic mass is 32.2. The molecule has 1 aromatic rings. The van der Waals surface area contributed by atoms with E-state index in [0.29, 0.717) is 0 Å². The maximum atomic E-state index is 4.30. The van der Waals surface area contributed by atoms with E-state index < -0.39 is 0 Å². The van der Waals surface area contributed by atoms with Gasteiger partial charge in [0.05, 0.1) is 0 Å². The van der Waals surface area contributed by atoms with Gasteiger partial charge in [0.15, 0.2) is 0 Å². The molecule has 100 valence electrons. The van der Waals surface area contributed by atoms with Gasteiger partial charge in [0, 0.05) is 11.9 Å². The maximum Gasteiger partial charge on any atom is 0.0414 e. The number of pyridine rings is 1. The predicted molar refractivity (Wildman–Crippen MR) is 83.0 cm³/mol. The summed E-state index contributed by atoms with van der Waals surface area (Å²) in [5, 5.41) is 0. The minimum Gasteiger partial charge on any atom is -0.261 e. The zero-order valence-corrected chi connectivity index (χ0v) is 13.2. The lowest BCUT2D eigenvalue weighted by Crippen LogP contribution is -1.92.